The van der Waals surface area contributed by atoms with Crippen LogP contribution in [0.5, 0.6) is 5.75 Å². The molecule has 10 heteroatoms. The quantitative estimate of drug-likeness (QED) is 0.573. The molecule has 0 saturated carbocycles. The fourth-order valence-corrected chi connectivity index (χ4v) is 5.46. The minimum atomic E-state index is -0.862. The first-order valence-corrected chi connectivity index (χ1v) is 11.9. The molecule has 0 bridgehead atoms. The first-order valence-electron chi connectivity index (χ1n) is 11.0. The van der Waals surface area contributed by atoms with Crippen LogP contribution in [-0.4, -0.2) is 42.2 Å². The zero-order valence-electron chi connectivity index (χ0n) is 19.9. The van der Waals surface area contributed by atoms with E-state index in [0.717, 1.165) is 22.2 Å². The standard InChI is InChI=1S/C26H24N4O5S/c1-14-7-9-16(10-8-14)29-24(32)22-21(15-5-4-6-17(11-15)34-2)18(13-27)23(28)30-25(33)19(36-26(22)30)12-20(31)35-3/h4-11,19,21H,12,28H2,1-3H3,(H,29,32)/t19-,21+/m0/s1. The van der Waals surface area contributed by atoms with Crippen molar-refractivity contribution in [2.24, 2.45) is 5.73 Å². The Bertz CT molecular complexity index is 1340. The van der Waals surface area contributed by atoms with E-state index in [4.69, 9.17) is 15.2 Å². The predicted octanol–water partition coefficient (Wildman–Crippen LogP) is 3.15. The number of benzene rings is 2. The van der Waals surface area contributed by atoms with Gasteiger partial charge >= 0.3 is 5.97 Å². The highest BCUT2D eigenvalue weighted by Gasteiger charge is 2.48. The van der Waals surface area contributed by atoms with Crippen LogP contribution in [0.15, 0.2) is 70.5 Å². The number of nitrogens with zero attached hydrogens (tertiary/aromatic N) is 2. The van der Waals surface area contributed by atoms with Crippen molar-refractivity contribution in [1.29, 1.82) is 5.26 Å². The number of carbonyl (C=O) groups is 3. The molecule has 2 aliphatic heterocycles. The van der Waals surface area contributed by atoms with Gasteiger partial charge in [0, 0.05) is 5.69 Å². The van der Waals surface area contributed by atoms with Crippen molar-refractivity contribution < 1.29 is 23.9 Å². The van der Waals surface area contributed by atoms with Crippen molar-refractivity contribution in [1.82, 2.24) is 4.90 Å². The molecule has 2 amide bonds. The summed E-state index contributed by atoms with van der Waals surface area (Å²) >= 11 is 1.06. The molecule has 0 aromatic heterocycles. The van der Waals surface area contributed by atoms with Gasteiger partial charge in [-0.3, -0.25) is 19.3 Å². The third-order valence-corrected chi connectivity index (χ3v) is 7.24. The SMILES string of the molecule is COC(=O)C[C@@H]1SC2=C(C(=O)Nc3ccc(C)cc3)[C@H](c3cccc(OC)c3)C(C#N)=C(N)N2C1=O. The lowest BCUT2D eigenvalue weighted by atomic mass is 9.82. The molecule has 0 radical (unpaired) electrons. The Morgan fingerprint density at radius 3 is 2.56 bits per heavy atom. The molecular weight excluding hydrogens is 480 g/mol. The topological polar surface area (TPSA) is 135 Å². The van der Waals surface area contributed by atoms with Crippen LogP contribution >= 0.6 is 11.8 Å². The fraction of sp³-hybridized carbons (Fsp3) is 0.231. The molecule has 2 aromatic carbocycles. The van der Waals surface area contributed by atoms with E-state index in [1.54, 1.807) is 36.4 Å². The molecule has 2 aromatic rings. The lowest BCUT2D eigenvalue weighted by molar-refractivity contribution is -0.142. The van der Waals surface area contributed by atoms with Gasteiger partial charge in [-0.1, -0.05) is 41.6 Å². The van der Waals surface area contributed by atoms with Crippen LogP contribution in [0.1, 0.15) is 23.5 Å². The molecule has 1 fully saturated rings. The summed E-state index contributed by atoms with van der Waals surface area (Å²) in [6.07, 6.45) is -0.203. The summed E-state index contributed by atoms with van der Waals surface area (Å²) in [5.41, 5.74) is 8.76. The summed E-state index contributed by atoms with van der Waals surface area (Å²) in [6.45, 7) is 1.93. The Labute approximate surface area is 212 Å². The van der Waals surface area contributed by atoms with Gasteiger partial charge in [-0.2, -0.15) is 5.26 Å². The molecule has 184 valence electrons. The average Bonchev–Trinajstić information content (AvgIpc) is 3.20. The van der Waals surface area contributed by atoms with Gasteiger partial charge in [0.15, 0.2) is 0 Å². The van der Waals surface area contributed by atoms with Crippen LogP contribution in [0, 0.1) is 18.3 Å². The molecule has 0 aliphatic carbocycles. The first kappa shape index (κ1) is 24.9. The Morgan fingerprint density at radius 1 is 1.19 bits per heavy atom. The number of nitriles is 1. The highest BCUT2D eigenvalue weighted by atomic mass is 32.2. The maximum absolute atomic E-state index is 13.8. The highest BCUT2D eigenvalue weighted by molar-refractivity contribution is 8.04. The summed E-state index contributed by atoms with van der Waals surface area (Å²) in [5.74, 6) is -1.95. The van der Waals surface area contributed by atoms with Crippen LogP contribution in [0.3, 0.4) is 0 Å². The van der Waals surface area contributed by atoms with Crippen LogP contribution in [-0.2, 0) is 19.1 Å². The molecular formula is C26H24N4O5S. The predicted molar refractivity (Wildman–Crippen MR) is 134 cm³/mol. The van der Waals surface area contributed by atoms with Gasteiger partial charge in [-0.15, -0.1) is 0 Å². The number of allylic oxidation sites excluding steroid dienone is 1. The normalized spacial score (nSPS) is 19.1. The number of hydrogen-bond donors (Lipinski definition) is 2. The first-order chi connectivity index (χ1) is 17.3. The Balaban J connectivity index is 1.88. The molecule has 4 rings (SSSR count). The minimum Gasteiger partial charge on any atom is -0.497 e. The summed E-state index contributed by atoms with van der Waals surface area (Å²) < 4.78 is 10.1. The van der Waals surface area contributed by atoms with E-state index in [2.05, 4.69) is 11.4 Å². The third-order valence-electron chi connectivity index (χ3n) is 5.96. The molecule has 0 spiro atoms. The van der Waals surface area contributed by atoms with Crippen molar-refractivity contribution >= 4 is 35.2 Å². The van der Waals surface area contributed by atoms with Crippen LogP contribution < -0.4 is 15.8 Å². The highest BCUT2D eigenvalue weighted by Crippen LogP contribution is 2.50. The second-order valence-corrected chi connectivity index (χ2v) is 9.41. The van der Waals surface area contributed by atoms with Gasteiger partial charge in [0.05, 0.1) is 48.8 Å². The van der Waals surface area contributed by atoms with Crippen molar-refractivity contribution in [3.05, 3.63) is 81.7 Å². The lowest BCUT2D eigenvalue weighted by Gasteiger charge is -2.32. The van der Waals surface area contributed by atoms with Gasteiger partial charge < -0.3 is 20.5 Å². The number of thioether (sulfide) groups is 1. The van der Waals surface area contributed by atoms with E-state index in [0.29, 0.717) is 17.0 Å². The molecule has 1 saturated heterocycles. The number of nitrogens with one attached hydrogen (secondary N) is 1. The number of nitrogens with two attached hydrogens (primary N) is 1. The molecule has 36 heavy (non-hydrogen) atoms. The van der Waals surface area contributed by atoms with Gasteiger partial charge in [0.2, 0.25) is 5.91 Å². The van der Waals surface area contributed by atoms with Gasteiger partial charge in [0.1, 0.15) is 16.8 Å². The second kappa shape index (κ2) is 10.2. The largest absolute Gasteiger partial charge is 0.497 e. The van der Waals surface area contributed by atoms with Crippen LogP contribution in [0.25, 0.3) is 0 Å². The van der Waals surface area contributed by atoms with Crippen molar-refractivity contribution in [3.8, 4) is 11.8 Å². The van der Waals surface area contributed by atoms with E-state index in [9.17, 15) is 19.6 Å². The van der Waals surface area contributed by atoms with Gasteiger partial charge in [-0.25, -0.2) is 0 Å². The van der Waals surface area contributed by atoms with Gasteiger partial charge in [0.25, 0.3) is 5.91 Å². The number of amides is 2. The van der Waals surface area contributed by atoms with Crippen molar-refractivity contribution in [2.45, 2.75) is 24.5 Å². The van der Waals surface area contributed by atoms with E-state index in [1.807, 2.05) is 19.1 Å². The van der Waals surface area contributed by atoms with E-state index < -0.39 is 29.0 Å². The number of rotatable bonds is 6. The van der Waals surface area contributed by atoms with Crippen LogP contribution in [0.2, 0.25) is 0 Å². The molecule has 2 heterocycles. The zero-order valence-corrected chi connectivity index (χ0v) is 20.7. The second-order valence-electron chi connectivity index (χ2n) is 8.22. The molecule has 2 atom stereocenters. The van der Waals surface area contributed by atoms with Crippen molar-refractivity contribution in [3.63, 3.8) is 0 Å². The molecule has 3 N–H and O–H groups in total. The maximum atomic E-state index is 13.8. The summed E-state index contributed by atoms with van der Waals surface area (Å²) in [4.78, 5) is 40.2. The average molecular weight is 505 g/mol. The number of methoxy groups -OCH3 is 2. The number of esters is 1. The van der Waals surface area contributed by atoms with Crippen molar-refractivity contribution in [2.75, 3.05) is 19.5 Å². The fourth-order valence-electron chi connectivity index (χ4n) is 4.13. The lowest BCUT2D eigenvalue weighted by Crippen LogP contribution is -2.39. The minimum absolute atomic E-state index is 0.0497. The Morgan fingerprint density at radius 2 is 1.92 bits per heavy atom. The Hall–Kier alpha value is -4.23. The number of fused-ring (bicyclic) bond motifs is 1. The number of aryl methyl sites for hydroxylation is 1. The van der Waals surface area contributed by atoms with E-state index in [-0.39, 0.29) is 28.4 Å². The zero-order chi connectivity index (χ0) is 26.0. The smallest absolute Gasteiger partial charge is 0.307 e. The summed E-state index contributed by atoms with van der Waals surface area (Å²) in [6, 6.07) is 16.3. The number of anilines is 1. The number of hydrogen-bond acceptors (Lipinski definition) is 8. The van der Waals surface area contributed by atoms with E-state index >= 15 is 0 Å². The maximum Gasteiger partial charge on any atom is 0.307 e. The van der Waals surface area contributed by atoms with E-state index in [1.165, 1.54) is 14.2 Å². The summed E-state index contributed by atoms with van der Waals surface area (Å²) in [7, 11) is 2.75. The number of ether oxygens (including phenoxy) is 2. The monoisotopic (exact) mass is 504 g/mol. The number of carbonyl (C=O) groups excluding carboxylic acids is 3. The Kier molecular flexibility index (Phi) is 7.03. The molecule has 0 unspecified atom stereocenters. The molecule has 2 aliphatic rings. The van der Waals surface area contributed by atoms with Crippen LogP contribution in [0.4, 0.5) is 5.69 Å². The third kappa shape index (κ3) is 4.53. The van der Waals surface area contributed by atoms with Gasteiger partial charge in [-0.05, 0) is 36.8 Å². The summed E-state index contributed by atoms with van der Waals surface area (Å²) in [5, 5.41) is 12.4. The molecule has 9 nitrogen and oxygen atoms in total.